The van der Waals surface area contributed by atoms with Crippen molar-refractivity contribution < 1.29 is 35.4 Å². The zero-order valence-electron chi connectivity index (χ0n) is 29.2. The minimum absolute atomic E-state index is 0.0840. The summed E-state index contributed by atoms with van der Waals surface area (Å²) in [5.74, 6) is -0.661. The molecule has 1 aromatic carbocycles. The van der Waals surface area contributed by atoms with Crippen LogP contribution in [0.3, 0.4) is 0 Å². The van der Waals surface area contributed by atoms with E-state index >= 15 is 0 Å². The maximum atomic E-state index is 13.2. The van der Waals surface area contributed by atoms with Crippen LogP contribution in [0, 0.1) is 28.6 Å². The summed E-state index contributed by atoms with van der Waals surface area (Å²) in [6.07, 6.45) is 5.24. The number of aromatic nitrogens is 5. The van der Waals surface area contributed by atoms with Crippen molar-refractivity contribution in [2.75, 3.05) is 5.73 Å². The van der Waals surface area contributed by atoms with Crippen molar-refractivity contribution in [1.82, 2.24) is 25.1 Å². The molecule has 0 aliphatic heterocycles. The first-order chi connectivity index (χ1) is 22.8. The number of hydrogen-bond acceptors (Lipinski definition) is 11. The van der Waals surface area contributed by atoms with E-state index in [0.29, 0.717) is 44.1 Å². The standard InChI is InChI=1S/C27H44O7.C7H6N2.C2H4N4/c1-23(2,32)9-8-22(31)26(5,33)21-7-11-27(34)16-12-18(28)17-13-19(29)20(30)14-24(17,3)15(16)6-10-25(21,27)4;1-2-4-7-6(3-1)8-5-9-7;3-2-4-1-5-6-2/h12,15,17,19-22,29-34H,6-11,13-14H2,1-5H3;1-5H,(H,8,9);1H,(H3,3,4,5,6)/t15-,17-,19+,20-,21-,22+,24+,25+,26+,27+;;/m0../s1. The van der Waals surface area contributed by atoms with Gasteiger partial charge in [-0.25, -0.2) is 9.97 Å². The Kier molecular flexibility index (Phi) is 10.2. The van der Waals surface area contributed by atoms with E-state index in [9.17, 15) is 35.4 Å². The molecule has 7 rings (SSSR count). The Bertz CT molecular complexity index is 1590. The van der Waals surface area contributed by atoms with Gasteiger partial charge in [0.25, 0.3) is 0 Å². The van der Waals surface area contributed by atoms with E-state index in [0.717, 1.165) is 11.0 Å². The molecule has 0 radical (unpaired) electrons. The summed E-state index contributed by atoms with van der Waals surface area (Å²) in [7, 11) is 0. The van der Waals surface area contributed by atoms with Crippen molar-refractivity contribution in [3.8, 4) is 0 Å². The van der Waals surface area contributed by atoms with Gasteiger partial charge in [-0.2, -0.15) is 0 Å². The largest absolute Gasteiger partial charge is 0.390 e. The predicted molar refractivity (Wildman–Crippen MR) is 183 cm³/mol. The Morgan fingerprint density at radius 2 is 1.73 bits per heavy atom. The average molecular weight is 683 g/mol. The fourth-order valence-corrected chi connectivity index (χ4v) is 9.42. The van der Waals surface area contributed by atoms with Crippen LogP contribution in [-0.2, 0) is 4.79 Å². The van der Waals surface area contributed by atoms with Gasteiger partial charge >= 0.3 is 0 Å². The second kappa shape index (κ2) is 13.5. The number of rotatable bonds is 5. The van der Waals surface area contributed by atoms with Crippen molar-refractivity contribution in [3.63, 3.8) is 0 Å². The van der Waals surface area contributed by atoms with E-state index in [1.807, 2.05) is 38.1 Å². The van der Waals surface area contributed by atoms with Gasteiger partial charge in [-0.3, -0.25) is 9.89 Å². The third-order valence-electron chi connectivity index (χ3n) is 12.3. The summed E-state index contributed by atoms with van der Waals surface area (Å²) < 4.78 is 0. The third kappa shape index (κ3) is 6.93. The van der Waals surface area contributed by atoms with Crippen LogP contribution < -0.4 is 5.73 Å². The molecule has 270 valence electrons. The summed E-state index contributed by atoms with van der Waals surface area (Å²) in [6, 6.07) is 7.94. The molecule has 0 amide bonds. The van der Waals surface area contributed by atoms with Gasteiger partial charge in [-0.05, 0) is 113 Å². The summed E-state index contributed by atoms with van der Waals surface area (Å²) in [5, 5.41) is 71.4. The molecule has 3 saturated carbocycles. The van der Waals surface area contributed by atoms with Crippen LogP contribution in [0.1, 0.15) is 86.0 Å². The number of hydrogen-bond donors (Lipinski definition) is 9. The molecule has 0 spiro atoms. The molecule has 13 nitrogen and oxygen atoms in total. The molecule has 4 aliphatic carbocycles. The Morgan fingerprint density at radius 1 is 1.02 bits per heavy atom. The Hall–Kier alpha value is -3.20. The molecule has 0 saturated heterocycles. The Morgan fingerprint density at radius 3 is 2.35 bits per heavy atom. The molecular weight excluding hydrogens is 628 g/mol. The first-order valence-electron chi connectivity index (χ1n) is 17.3. The molecular formula is C36H54N6O7. The van der Waals surface area contributed by atoms with Gasteiger partial charge in [-0.15, -0.1) is 5.10 Å². The number of aromatic amines is 2. The molecule has 0 unspecified atom stereocenters. The Balaban J connectivity index is 0.000000252. The molecule has 0 bridgehead atoms. The van der Waals surface area contributed by atoms with E-state index in [1.54, 1.807) is 33.2 Å². The lowest BCUT2D eigenvalue weighted by molar-refractivity contribution is -0.177. The van der Waals surface area contributed by atoms with E-state index in [1.165, 1.54) is 6.33 Å². The summed E-state index contributed by atoms with van der Waals surface area (Å²) in [4.78, 5) is 23.8. The summed E-state index contributed by atoms with van der Waals surface area (Å²) in [5.41, 5.74) is 2.88. The fourth-order valence-electron chi connectivity index (χ4n) is 9.42. The smallest absolute Gasteiger partial charge is 0.239 e. The number of anilines is 1. The van der Waals surface area contributed by atoms with Gasteiger partial charge in [-0.1, -0.05) is 26.0 Å². The fraction of sp³-hybridized carbons (Fsp3) is 0.667. The highest BCUT2D eigenvalue weighted by molar-refractivity contribution is 5.95. The van der Waals surface area contributed by atoms with E-state index < -0.39 is 45.9 Å². The van der Waals surface area contributed by atoms with Crippen molar-refractivity contribution in [2.24, 2.45) is 28.6 Å². The second-order valence-electron chi connectivity index (χ2n) is 16.0. The number of aliphatic hydroxyl groups excluding tert-OH is 3. The first kappa shape index (κ1) is 37.1. The van der Waals surface area contributed by atoms with Crippen molar-refractivity contribution in [2.45, 2.75) is 121 Å². The number of para-hydroxylation sites is 2. The van der Waals surface area contributed by atoms with Crippen LogP contribution in [-0.4, -0.2) is 96.7 Å². The van der Waals surface area contributed by atoms with Crippen LogP contribution in [0.4, 0.5) is 5.95 Å². The molecule has 10 N–H and O–H groups in total. The normalized spacial score (nSPS) is 35.7. The van der Waals surface area contributed by atoms with Crippen molar-refractivity contribution in [3.05, 3.63) is 48.6 Å². The summed E-state index contributed by atoms with van der Waals surface area (Å²) >= 11 is 0. The highest BCUT2D eigenvalue weighted by Gasteiger charge is 2.69. The number of nitrogens with two attached hydrogens (primary N) is 1. The quantitative estimate of drug-likeness (QED) is 0.190. The van der Waals surface area contributed by atoms with Crippen LogP contribution in [0.5, 0.6) is 0 Å². The number of nitrogen functional groups attached to an aromatic ring is 1. The van der Waals surface area contributed by atoms with Crippen LogP contribution in [0.2, 0.25) is 0 Å². The van der Waals surface area contributed by atoms with Crippen LogP contribution in [0.25, 0.3) is 11.0 Å². The van der Waals surface area contributed by atoms with Crippen molar-refractivity contribution in [1.29, 1.82) is 0 Å². The maximum Gasteiger partial charge on any atom is 0.239 e. The monoisotopic (exact) mass is 682 g/mol. The lowest BCUT2D eigenvalue weighted by Gasteiger charge is -2.60. The molecule has 10 atom stereocenters. The number of imidazole rings is 1. The summed E-state index contributed by atoms with van der Waals surface area (Å²) in [6.45, 7) is 8.96. The average Bonchev–Trinajstić information content (AvgIpc) is 3.77. The number of allylic oxidation sites excluding steroid dienone is 1. The number of H-pyrrole nitrogens is 2. The number of nitrogens with zero attached hydrogens (tertiary/aromatic N) is 3. The van der Waals surface area contributed by atoms with Crippen LogP contribution in [0.15, 0.2) is 48.6 Å². The van der Waals surface area contributed by atoms with E-state index in [2.05, 4.69) is 25.1 Å². The zero-order chi connectivity index (χ0) is 36.0. The lowest BCUT2D eigenvalue weighted by Crippen LogP contribution is -2.62. The SMILES string of the molecule is CC(C)(O)CC[C@@H](O)[C@](C)(O)[C@H]1CC[C@@]2(O)C3=CC(=O)[C@@H]4C[C@@H](O)[C@@H](O)C[C@]4(C)[C@H]3CC[C@]12C.Nc1nc[nH]n1.c1ccc2[nH]cnc2c1. The minimum atomic E-state index is -1.46. The van der Waals surface area contributed by atoms with Crippen molar-refractivity contribution >= 4 is 22.8 Å². The topological polar surface area (TPSA) is 235 Å². The molecule has 13 heteroatoms. The van der Waals surface area contributed by atoms with E-state index in [4.69, 9.17) is 5.73 Å². The minimum Gasteiger partial charge on any atom is -0.390 e. The highest BCUT2D eigenvalue weighted by atomic mass is 16.3. The van der Waals surface area contributed by atoms with Gasteiger partial charge in [0.2, 0.25) is 5.95 Å². The first-order valence-corrected chi connectivity index (χ1v) is 17.3. The zero-order valence-corrected chi connectivity index (χ0v) is 29.2. The number of ketones is 1. The van der Waals surface area contributed by atoms with Gasteiger partial charge in [0.05, 0.1) is 52.5 Å². The number of fused-ring (bicyclic) bond motifs is 6. The molecule has 2 heterocycles. The highest BCUT2D eigenvalue weighted by Crippen LogP contribution is 2.68. The molecule has 3 aromatic rings. The molecule has 2 aromatic heterocycles. The third-order valence-corrected chi connectivity index (χ3v) is 12.3. The number of benzene rings is 1. The van der Waals surface area contributed by atoms with Gasteiger partial charge < -0.3 is 41.4 Å². The molecule has 3 fully saturated rings. The lowest BCUT2D eigenvalue weighted by atomic mass is 9.45. The van der Waals surface area contributed by atoms with Gasteiger partial charge in [0.15, 0.2) is 5.78 Å². The number of nitrogens with one attached hydrogen (secondary N) is 2. The van der Waals surface area contributed by atoms with Gasteiger partial charge in [0, 0.05) is 11.3 Å². The number of carbonyl (C=O) groups is 1. The van der Waals surface area contributed by atoms with Gasteiger partial charge in [0.1, 0.15) is 6.33 Å². The Labute approximate surface area is 287 Å². The number of carbonyl (C=O) groups excluding carboxylic acids is 1. The molecule has 4 aliphatic rings. The van der Waals surface area contributed by atoms with E-state index in [-0.39, 0.29) is 42.3 Å². The number of aliphatic hydroxyl groups is 6. The molecule has 49 heavy (non-hydrogen) atoms. The van der Waals surface area contributed by atoms with Crippen LogP contribution >= 0.6 is 0 Å². The predicted octanol–water partition coefficient (Wildman–Crippen LogP) is 2.80. The maximum absolute atomic E-state index is 13.2. The second-order valence-corrected chi connectivity index (χ2v) is 16.0.